The molecule has 3 unspecified atom stereocenters. The fourth-order valence-corrected chi connectivity index (χ4v) is 2.79. The maximum absolute atomic E-state index is 13.2. The Hall–Kier alpha value is -1.98. The van der Waals surface area contributed by atoms with Gasteiger partial charge in [-0.25, -0.2) is 8.78 Å². The average molecular weight is 325 g/mol. The molecule has 3 atom stereocenters. The van der Waals surface area contributed by atoms with Gasteiger partial charge in [-0.1, -0.05) is 19.9 Å². The fourth-order valence-electron chi connectivity index (χ4n) is 2.79. The third kappa shape index (κ3) is 4.50. The van der Waals surface area contributed by atoms with Gasteiger partial charge in [0.1, 0.15) is 0 Å². The molecule has 4 nitrogen and oxygen atoms in total. The van der Waals surface area contributed by atoms with E-state index in [1.807, 2.05) is 13.8 Å². The van der Waals surface area contributed by atoms with Gasteiger partial charge in [0.05, 0.1) is 5.92 Å². The van der Waals surface area contributed by atoms with E-state index in [4.69, 9.17) is 5.11 Å². The number of nitrogens with one attached hydrogen (secondary N) is 1. The molecule has 0 radical (unpaired) electrons. The molecule has 0 saturated heterocycles. The molecule has 0 aliphatic heterocycles. The number of carboxylic acids is 1. The Morgan fingerprint density at radius 2 is 2.00 bits per heavy atom. The number of benzene rings is 1. The van der Waals surface area contributed by atoms with Crippen LogP contribution in [-0.4, -0.2) is 23.5 Å². The van der Waals surface area contributed by atoms with Crippen LogP contribution in [0.5, 0.6) is 0 Å². The SMILES string of the molecule is CC(C)CC(CNC(=O)C1CC1c1ccc(F)c(F)c1)C(=O)O. The van der Waals surface area contributed by atoms with Crippen LogP contribution in [0.1, 0.15) is 38.2 Å². The number of carboxylic acid groups (broad SMARTS) is 1. The van der Waals surface area contributed by atoms with E-state index in [9.17, 15) is 18.4 Å². The van der Waals surface area contributed by atoms with E-state index >= 15 is 0 Å². The first-order valence-corrected chi connectivity index (χ1v) is 7.75. The Labute approximate surface area is 133 Å². The zero-order chi connectivity index (χ0) is 17.1. The summed E-state index contributed by atoms with van der Waals surface area (Å²) >= 11 is 0. The number of aliphatic carboxylic acids is 1. The largest absolute Gasteiger partial charge is 0.481 e. The van der Waals surface area contributed by atoms with Gasteiger partial charge >= 0.3 is 5.97 Å². The van der Waals surface area contributed by atoms with Crippen LogP contribution in [0.3, 0.4) is 0 Å². The van der Waals surface area contributed by atoms with E-state index in [1.54, 1.807) is 0 Å². The molecule has 2 rings (SSSR count). The van der Waals surface area contributed by atoms with E-state index in [2.05, 4.69) is 5.32 Å². The van der Waals surface area contributed by atoms with Crippen LogP contribution >= 0.6 is 0 Å². The molecular formula is C17H21F2NO3. The summed E-state index contributed by atoms with van der Waals surface area (Å²) in [7, 11) is 0. The summed E-state index contributed by atoms with van der Waals surface area (Å²) in [5, 5.41) is 11.8. The third-order valence-electron chi connectivity index (χ3n) is 4.13. The van der Waals surface area contributed by atoms with Crippen molar-refractivity contribution in [1.29, 1.82) is 0 Å². The minimum atomic E-state index is -0.924. The molecule has 1 aromatic carbocycles. The van der Waals surface area contributed by atoms with Gasteiger partial charge in [0.25, 0.3) is 0 Å². The smallest absolute Gasteiger partial charge is 0.308 e. The number of halogens is 2. The maximum Gasteiger partial charge on any atom is 0.308 e. The predicted octanol–water partition coefficient (Wildman–Crippen LogP) is 2.93. The number of hydrogen-bond donors (Lipinski definition) is 2. The lowest BCUT2D eigenvalue weighted by atomic mass is 9.97. The van der Waals surface area contributed by atoms with Crippen molar-refractivity contribution in [2.45, 2.75) is 32.6 Å². The molecule has 1 aromatic rings. The monoisotopic (exact) mass is 325 g/mol. The Balaban J connectivity index is 1.88. The van der Waals surface area contributed by atoms with Gasteiger partial charge in [0.2, 0.25) is 5.91 Å². The molecule has 1 aliphatic rings. The number of carbonyl (C=O) groups excluding carboxylic acids is 1. The minimum Gasteiger partial charge on any atom is -0.481 e. The number of hydrogen-bond acceptors (Lipinski definition) is 2. The summed E-state index contributed by atoms with van der Waals surface area (Å²) in [4.78, 5) is 23.2. The summed E-state index contributed by atoms with van der Waals surface area (Å²) in [5.41, 5.74) is 0.598. The van der Waals surface area contributed by atoms with Gasteiger partial charge < -0.3 is 10.4 Å². The highest BCUT2D eigenvalue weighted by atomic mass is 19.2. The van der Waals surface area contributed by atoms with E-state index in [1.165, 1.54) is 6.07 Å². The Morgan fingerprint density at radius 1 is 1.30 bits per heavy atom. The van der Waals surface area contributed by atoms with Crippen molar-refractivity contribution in [2.75, 3.05) is 6.54 Å². The number of rotatable bonds is 7. The first kappa shape index (κ1) is 17.4. The fraction of sp³-hybridized carbons (Fsp3) is 0.529. The third-order valence-corrected chi connectivity index (χ3v) is 4.13. The summed E-state index contributed by atoms with van der Waals surface area (Å²) in [6.07, 6.45) is 1.06. The topological polar surface area (TPSA) is 66.4 Å². The van der Waals surface area contributed by atoms with E-state index in [-0.39, 0.29) is 30.2 Å². The molecule has 1 amide bonds. The molecular weight excluding hydrogens is 304 g/mol. The standard InChI is InChI=1S/C17H21F2NO3/c1-9(2)5-11(17(22)23)8-20-16(21)13-7-12(13)10-3-4-14(18)15(19)6-10/h3-4,6,9,11-13H,5,7-8H2,1-2H3,(H,20,21)(H,22,23). The quantitative estimate of drug-likeness (QED) is 0.810. The zero-order valence-corrected chi connectivity index (χ0v) is 13.2. The van der Waals surface area contributed by atoms with Crippen molar-refractivity contribution in [3.05, 3.63) is 35.4 Å². The van der Waals surface area contributed by atoms with Crippen molar-refractivity contribution in [2.24, 2.45) is 17.8 Å². The highest BCUT2D eigenvalue weighted by Gasteiger charge is 2.44. The van der Waals surface area contributed by atoms with E-state index in [0.29, 0.717) is 18.4 Å². The van der Waals surface area contributed by atoms with Gasteiger partial charge in [0.15, 0.2) is 11.6 Å². The van der Waals surface area contributed by atoms with Crippen molar-refractivity contribution in [1.82, 2.24) is 5.32 Å². The summed E-state index contributed by atoms with van der Waals surface area (Å²) < 4.78 is 26.1. The molecule has 23 heavy (non-hydrogen) atoms. The van der Waals surface area contributed by atoms with Crippen LogP contribution in [0.15, 0.2) is 18.2 Å². The van der Waals surface area contributed by atoms with Gasteiger partial charge in [0, 0.05) is 12.5 Å². The normalized spacial score (nSPS) is 21.1. The van der Waals surface area contributed by atoms with E-state index in [0.717, 1.165) is 12.1 Å². The molecule has 2 N–H and O–H groups in total. The lowest BCUT2D eigenvalue weighted by Gasteiger charge is -2.15. The highest BCUT2D eigenvalue weighted by Crippen LogP contribution is 2.47. The van der Waals surface area contributed by atoms with Gasteiger partial charge in [-0.15, -0.1) is 0 Å². The van der Waals surface area contributed by atoms with Crippen LogP contribution in [0.2, 0.25) is 0 Å². The van der Waals surface area contributed by atoms with E-state index < -0.39 is 23.5 Å². The van der Waals surface area contributed by atoms with Gasteiger partial charge in [-0.3, -0.25) is 9.59 Å². The van der Waals surface area contributed by atoms with Crippen molar-refractivity contribution < 1.29 is 23.5 Å². The second-order valence-electron chi connectivity index (χ2n) is 6.53. The second kappa shape index (κ2) is 7.06. The first-order valence-electron chi connectivity index (χ1n) is 7.75. The highest BCUT2D eigenvalue weighted by molar-refractivity contribution is 5.83. The number of amides is 1. The van der Waals surface area contributed by atoms with Crippen LogP contribution in [-0.2, 0) is 9.59 Å². The molecule has 6 heteroatoms. The van der Waals surface area contributed by atoms with Gasteiger partial charge in [-0.2, -0.15) is 0 Å². The van der Waals surface area contributed by atoms with Crippen LogP contribution in [0.25, 0.3) is 0 Å². The molecule has 0 heterocycles. The lowest BCUT2D eigenvalue weighted by molar-refractivity contribution is -0.142. The summed E-state index contributed by atoms with van der Waals surface area (Å²) in [6, 6.07) is 3.66. The molecule has 1 saturated carbocycles. The van der Waals surface area contributed by atoms with Crippen LogP contribution < -0.4 is 5.32 Å². The molecule has 1 fully saturated rings. The molecule has 126 valence electrons. The predicted molar refractivity (Wildman–Crippen MR) is 80.8 cm³/mol. The van der Waals surface area contributed by atoms with Crippen LogP contribution in [0.4, 0.5) is 8.78 Å². The number of carbonyl (C=O) groups is 2. The Kier molecular flexibility index (Phi) is 5.34. The maximum atomic E-state index is 13.2. The van der Waals surface area contributed by atoms with Crippen molar-refractivity contribution in [3.8, 4) is 0 Å². The van der Waals surface area contributed by atoms with Crippen molar-refractivity contribution in [3.63, 3.8) is 0 Å². The molecule has 0 bridgehead atoms. The molecule has 1 aliphatic carbocycles. The minimum absolute atomic E-state index is 0.0906. The average Bonchev–Trinajstić information content (AvgIpc) is 3.26. The molecule has 0 spiro atoms. The zero-order valence-electron chi connectivity index (χ0n) is 13.2. The Morgan fingerprint density at radius 3 is 2.57 bits per heavy atom. The Bertz CT molecular complexity index is 604. The van der Waals surface area contributed by atoms with Crippen molar-refractivity contribution >= 4 is 11.9 Å². The first-order chi connectivity index (χ1) is 10.8. The summed E-state index contributed by atoms with van der Waals surface area (Å²) in [6.45, 7) is 3.95. The second-order valence-corrected chi connectivity index (χ2v) is 6.53. The van der Waals surface area contributed by atoms with Crippen LogP contribution in [0, 0.1) is 29.4 Å². The van der Waals surface area contributed by atoms with Gasteiger partial charge in [-0.05, 0) is 42.4 Å². The summed E-state index contributed by atoms with van der Waals surface area (Å²) in [5.74, 6) is -3.79. The molecule has 0 aromatic heterocycles. The lowest BCUT2D eigenvalue weighted by Crippen LogP contribution is -2.34.